The van der Waals surface area contributed by atoms with Crippen molar-refractivity contribution in [2.45, 2.75) is 17.9 Å². The number of aliphatic hydroxyl groups is 2. The number of thioether (sulfide) groups is 1. The predicted octanol–water partition coefficient (Wildman–Crippen LogP) is 1.96. The van der Waals surface area contributed by atoms with Crippen molar-refractivity contribution < 1.29 is 14.6 Å². The molecule has 4 heteroatoms. The van der Waals surface area contributed by atoms with Gasteiger partial charge in [-0.05, 0) is 24.6 Å². The zero-order valence-electron chi connectivity index (χ0n) is 7.90. The highest BCUT2D eigenvalue weighted by Gasteiger charge is 2.06. The molecule has 14 heavy (non-hydrogen) atoms. The molecule has 0 saturated carbocycles. The van der Waals surface area contributed by atoms with E-state index in [2.05, 4.69) is 0 Å². The molecule has 0 aromatic heterocycles. The van der Waals surface area contributed by atoms with Crippen LogP contribution in [0.5, 0.6) is 0 Å². The van der Waals surface area contributed by atoms with Gasteiger partial charge in [0, 0.05) is 10.6 Å². The van der Waals surface area contributed by atoms with E-state index in [1.165, 1.54) is 17.8 Å². The van der Waals surface area contributed by atoms with Crippen LogP contribution in [-0.2, 0) is 0 Å². The summed E-state index contributed by atoms with van der Waals surface area (Å²) in [6.45, 7) is 1.62. The maximum absolute atomic E-state index is 13.3. The molecule has 0 aliphatic rings. The van der Waals surface area contributed by atoms with Gasteiger partial charge in [0.2, 0.25) is 0 Å². The molecular formula is C10H13FO2S. The van der Waals surface area contributed by atoms with Crippen molar-refractivity contribution in [3.05, 3.63) is 29.6 Å². The summed E-state index contributed by atoms with van der Waals surface area (Å²) >= 11 is 1.26. The first-order chi connectivity index (χ1) is 6.65. The smallest absolute Gasteiger partial charge is 0.137 e. The second-order valence-corrected chi connectivity index (χ2v) is 4.07. The van der Waals surface area contributed by atoms with Gasteiger partial charge >= 0.3 is 0 Å². The van der Waals surface area contributed by atoms with Gasteiger partial charge in [0.15, 0.2) is 0 Å². The van der Waals surface area contributed by atoms with Gasteiger partial charge in [0.05, 0.1) is 12.7 Å². The fraction of sp³-hybridized carbons (Fsp3) is 0.400. The number of hydrogen-bond acceptors (Lipinski definition) is 3. The minimum atomic E-state index is -0.651. The van der Waals surface area contributed by atoms with E-state index < -0.39 is 6.10 Å². The number of aliphatic hydroxyl groups excluding tert-OH is 2. The molecule has 0 fully saturated rings. The predicted molar refractivity (Wildman–Crippen MR) is 54.8 cm³/mol. The van der Waals surface area contributed by atoms with Gasteiger partial charge in [-0.1, -0.05) is 6.07 Å². The summed E-state index contributed by atoms with van der Waals surface area (Å²) in [4.78, 5) is 0.503. The second kappa shape index (κ2) is 5.34. The largest absolute Gasteiger partial charge is 0.396 e. The topological polar surface area (TPSA) is 40.5 Å². The second-order valence-electron chi connectivity index (χ2n) is 2.94. The first-order valence-corrected chi connectivity index (χ1v) is 5.35. The summed E-state index contributed by atoms with van der Waals surface area (Å²) in [5, 5.41) is 17.8. The third-order valence-electron chi connectivity index (χ3n) is 1.79. The molecule has 0 aliphatic heterocycles. The number of benzene rings is 1. The Morgan fingerprint density at radius 2 is 2.21 bits per heavy atom. The van der Waals surface area contributed by atoms with Gasteiger partial charge in [-0.2, -0.15) is 0 Å². The standard InChI is InChI=1S/C10H13FO2S/c1-7(13)8-2-3-10(9(11)6-8)14-5-4-12/h2-3,6-7,12-13H,4-5H2,1H3/t7-/m0/s1. The Bertz CT molecular complexity index is 302. The molecule has 0 bridgehead atoms. The van der Waals surface area contributed by atoms with Crippen molar-refractivity contribution in [1.82, 2.24) is 0 Å². The Balaban J connectivity index is 2.79. The molecule has 2 N–H and O–H groups in total. The lowest BCUT2D eigenvalue weighted by Gasteiger charge is -2.07. The number of halogens is 1. The minimum Gasteiger partial charge on any atom is -0.396 e. The molecule has 1 aromatic carbocycles. The van der Waals surface area contributed by atoms with E-state index in [-0.39, 0.29) is 12.4 Å². The normalized spacial score (nSPS) is 12.9. The lowest BCUT2D eigenvalue weighted by atomic mass is 10.1. The van der Waals surface area contributed by atoms with E-state index in [0.29, 0.717) is 16.2 Å². The average molecular weight is 216 g/mol. The van der Waals surface area contributed by atoms with E-state index in [4.69, 9.17) is 5.11 Å². The summed E-state index contributed by atoms with van der Waals surface area (Å²) in [5.41, 5.74) is 0.566. The van der Waals surface area contributed by atoms with Gasteiger partial charge in [-0.3, -0.25) is 0 Å². The Kier molecular flexibility index (Phi) is 4.38. The summed E-state index contributed by atoms with van der Waals surface area (Å²) in [5.74, 6) is 0.132. The molecule has 0 radical (unpaired) electrons. The molecule has 1 rings (SSSR count). The van der Waals surface area contributed by atoms with Crippen LogP contribution in [0.3, 0.4) is 0 Å². The van der Waals surface area contributed by atoms with E-state index in [1.807, 2.05) is 0 Å². The molecular weight excluding hydrogens is 203 g/mol. The van der Waals surface area contributed by atoms with Crippen LogP contribution >= 0.6 is 11.8 Å². The van der Waals surface area contributed by atoms with E-state index in [0.717, 1.165) is 0 Å². The fourth-order valence-corrected chi connectivity index (χ4v) is 1.72. The van der Waals surface area contributed by atoms with Crippen LogP contribution in [0.1, 0.15) is 18.6 Å². The zero-order chi connectivity index (χ0) is 10.6. The Morgan fingerprint density at radius 1 is 1.50 bits per heavy atom. The third kappa shape index (κ3) is 2.97. The van der Waals surface area contributed by atoms with E-state index >= 15 is 0 Å². The third-order valence-corrected chi connectivity index (χ3v) is 2.82. The van der Waals surface area contributed by atoms with Gasteiger partial charge in [-0.15, -0.1) is 11.8 Å². The first kappa shape index (κ1) is 11.5. The minimum absolute atomic E-state index is 0.0300. The van der Waals surface area contributed by atoms with Gasteiger partial charge < -0.3 is 10.2 Å². The summed E-state index contributed by atoms with van der Waals surface area (Å²) in [6, 6.07) is 4.63. The van der Waals surface area contributed by atoms with Crippen molar-refractivity contribution in [2.24, 2.45) is 0 Å². The highest BCUT2D eigenvalue weighted by Crippen LogP contribution is 2.24. The highest BCUT2D eigenvalue weighted by atomic mass is 32.2. The molecule has 0 aliphatic carbocycles. The monoisotopic (exact) mass is 216 g/mol. The Labute approximate surface area is 86.8 Å². The van der Waals surface area contributed by atoms with Gasteiger partial charge in [0.25, 0.3) is 0 Å². The number of hydrogen-bond donors (Lipinski definition) is 2. The SMILES string of the molecule is C[C@H](O)c1ccc(SCCO)c(F)c1. The summed E-state index contributed by atoms with van der Waals surface area (Å²) < 4.78 is 13.3. The van der Waals surface area contributed by atoms with Crippen molar-refractivity contribution in [1.29, 1.82) is 0 Å². The Morgan fingerprint density at radius 3 is 2.71 bits per heavy atom. The number of rotatable bonds is 4. The van der Waals surface area contributed by atoms with Crippen LogP contribution < -0.4 is 0 Å². The maximum atomic E-state index is 13.3. The first-order valence-electron chi connectivity index (χ1n) is 4.36. The van der Waals surface area contributed by atoms with Crippen LogP contribution in [0, 0.1) is 5.82 Å². The summed E-state index contributed by atoms with van der Waals surface area (Å²) in [6.07, 6.45) is -0.651. The quantitative estimate of drug-likeness (QED) is 0.756. The lowest BCUT2D eigenvalue weighted by molar-refractivity contribution is 0.198. The van der Waals surface area contributed by atoms with Crippen LogP contribution in [0.25, 0.3) is 0 Å². The maximum Gasteiger partial charge on any atom is 0.137 e. The molecule has 0 amide bonds. The van der Waals surface area contributed by atoms with Gasteiger partial charge in [0.1, 0.15) is 5.82 Å². The molecule has 2 nitrogen and oxygen atoms in total. The zero-order valence-corrected chi connectivity index (χ0v) is 8.72. The van der Waals surface area contributed by atoms with Crippen molar-refractivity contribution in [2.75, 3.05) is 12.4 Å². The lowest BCUT2D eigenvalue weighted by Crippen LogP contribution is -1.94. The Hall–Kier alpha value is -0.580. The molecule has 0 heterocycles. The molecule has 78 valence electrons. The molecule has 1 aromatic rings. The van der Waals surface area contributed by atoms with Gasteiger partial charge in [-0.25, -0.2) is 4.39 Å². The van der Waals surface area contributed by atoms with Crippen LogP contribution in [-0.4, -0.2) is 22.6 Å². The average Bonchev–Trinajstić information content (AvgIpc) is 2.15. The molecule has 1 atom stereocenters. The van der Waals surface area contributed by atoms with Crippen molar-refractivity contribution in [3.8, 4) is 0 Å². The van der Waals surface area contributed by atoms with E-state index in [9.17, 15) is 9.50 Å². The highest BCUT2D eigenvalue weighted by molar-refractivity contribution is 7.99. The fourth-order valence-electron chi connectivity index (χ4n) is 1.05. The molecule has 0 saturated heterocycles. The van der Waals surface area contributed by atoms with Crippen LogP contribution in [0.15, 0.2) is 23.1 Å². The van der Waals surface area contributed by atoms with Crippen LogP contribution in [0.4, 0.5) is 4.39 Å². The summed E-state index contributed by atoms with van der Waals surface area (Å²) in [7, 11) is 0. The van der Waals surface area contributed by atoms with E-state index in [1.54, 1.807) is 19.1 Å². The molecule has 0 unspecified atom stereocenters. The van der Waals surface area contributed by atoms with Crippen molar-refractivity contribution in [3.63, 3.8) is 0 Å². The van der Waals surface area contributed by atoms with Crippen LogP contribution in [0.2, 0.25) is 0 Å². The van der Waals surface area contributed by atoms with Crippen molar-refractivity contribution >= 4 is 11.8 Å². The molecule has 0 spiro atoms.